The largest absolute Gasteiger partial charge is 0.380 e. The fourth-order valence-electron chi connectivity index (χ4n) is 5.61. The monoisotopic (exact) mass is 481 g/mol. The summed E-state index contributed by atoms with van der Waals surface area (Å²) < 4.78 is 0. The number of nitrogens with zero attached hydrogens (tertiary/aromatic N) is 3. The number of likely N-dealkylation sites (tertiary alicyclic amines) is 1. The van der Waals surface area contributed by atoms with Crippen LogP contribution in [-0.4, -0.2) is 45.2 Å². The van der Waals surface area contributed by atoms with Gasteiger partial charge in [-0.25, -0.2) is 0 Å². The molecule has 0 amide bonds. The second-order valence-corrected chi connectivity index (χ2v) is 11.5. The van der Waals surface area contributed by atoms with Crippen molar-refractivity contribution in [3.8, 4) is 11.8 Å². The number of aryl methyl sites for hydroxylation is 1. The van der Waals surface area contributed by atoms with Crippen LogP contribution < -0.4 is 0 Å². The molecule has 3 aromatic rings. The summed E-state index contributed by atoms with van der Waals surface area (Å²) in [5.74, 6) is 6.03. The van der Waals surface area contributed by atoms with Gasteiger partial charge in [-0.15, -0.1) is 0 Å². The maximum atomic E-state index is 12.4. The second kappa shape index (κ2) is 8.52. The van der Waals surface area contributed by atoms with Gasteiger partial charge >= 0.3 is 0 Å². The zero-order valence-electron chi connectivity index (χ0n) is 21.8. The van der Waals surface area contributed by atoms with E-state index in [4.69, 9.17) is 0 Å². The summed E-state index contributed by atoms with van der Waals surface area (Å²) in [4.78, 5) is 11.1. The fraction of sp³-hybridized carbons (Fsp3) is 0.419. The molecule has 0 bridgehead atoms. The number of aliphatic hydroxyl groups is 2. The molecule has 5 heteroatoms. The molecule has 36 heavy (non-hydrogen) atoms. The first-order valence-corrected chi connectivity index (χ1v) is 12.6. The molecule has 0 spiro atoms. The van der Waals surface area contributed by atoms with Crippen LogP contribution in [0, 0.1) is 24.2 Å². The van der Waals surface area contributed by atoms with E-state index in [-0.39, 0.29) is 10.8 Å². The van der Waals surface area contributed by atoms with Crippen molar-refractivity contribution in [2.45, 2.75) is 57.2 Å². The highest BCUT2D eigenvalue weighted by Crippen LogP contribution is 2.51. The molecule has 1 aliphatic carbocycles. The van der Waals surface area contributed by atoms with E-state index in [1.807, 2.05) is 25.1 Å². The molecule has 1 saturated heterocycles. The van der Waals surface area contributed by atoms with Crippen molar-refractivity contribution in [1.82, 2.24) is 14.9 Å². The van der Waals surface area contributed by atoms with Gasteiger partial charge in [0.2, 0.25) is 0 Å². The molecular formula is C31H35N3O2. The summed E-state index contributed by atoms with van der Waals surface area (Å²) in [6.45, 7) is 9.50. The van der Waals surface area contributed by atoms with Crippen molar-refractivity contribution in [3.05, 3.63) is 94.6 Å². The van der Waals surface area contributed by atoms with Gasteiger partial charge in [0.15, 0.2) is 5.60 Å². The Bertz CT molecular complexity index is 1340. The Kier molecular flexibility index (Phi) is 5.83. The minimum atomic E-state index is -1.41. The smallest absolute Gasteiger partial charge is 0.165 e. The van der Waals surface area contributed by atoms with Gasteiger partial charge in [-0.05, 0) is 68.5 Å². The molecule has 1 saturated carbocycles. The first kappa shape index (κ1) is 24.6. The molecular weight excluding hydrogens is 446 g/mol. The van der Waals surface area contributed by atoms with Crippen LogP contribution in [0.15, 0.2) is 60.9 Å². The molecule has 1 aliphatic heterocycles. The fourth-order valence-corrected chi connectivity index (χ4v) is 5.61. The zero-order valence-corrected chi connectivity index (χ0v) is 21.8. The van der Waals surface area contributed by atoms with E-state index in [1.165, 1.54) is 18.4 Å². The normalized spacial score (nSPS) is 21.3. The Labute approximate surface area is 214 Å². The Balaban J connectivity index is 1.53. The minimum Gasteiger partial charge on any atom is -0.380 e. The highest BCUT2D eigenvalue weighted by molar-refractivity contribution is 5.46. The van der Waals surface area contributed by atoms with Gasteiger partial charge in [0, 0.05) is 47.7 Å². The Morgan fingerprint density at radius 1 is 0.972 bits per heavy atom. The summed E-state index contributed by atoms with van der Waals surface area (Å²) >= 11 is 0. The number of benzene rings is 1. The molecule has 0 radical (unpaired) electrons. The van der Waals surface area contributed by atoms with E-state index in [0.717, 1.165) is 24.3 Å². The van der Waals surface area contributed by atoms with Crippen LogP contribution in [0.4, 0.5) is 0 Å². The molecule has 5 rings (SSSR count). The maximum Gasteiger partial charge on any atom is 0.165 e. The second-order valence-electron chi connectivity index (χ2n) is 11.5. The third-order valence-electron chi connectivity index (χ3n) is 8.10. The average molecular weight is 482 g/mol. The molecule has 2 aliphatic rings. The maximum absolute atomic E-state index is 12.4. The Morgan fingerprint density at radius 2 is 1.67 bits per heavy atom. The van der Waals surface area contributed by atoms with Gasteiger partial charge in [-0.2, -0.15) is 0 Å². The van der Waals surface area contributed by atoms with Crippen molar-refractivity contribution in [2.24, 2.45) is 5.41 Å². The van der Waals surface area contributed by atoms with Crippen molar-refractivity contribution < 1.29 is 10.2 Å². The van der Waals surface area contributed by atoms with Crippen LogP contribution in [0.2, 0.25) is 0 Å². The van der Waals surface area contributed by atoms with Crippen LogP contribution in [0.25, 0.3) is 0 Å². The molecule has 1 aromatic carbocycles. The topological polar surface area (TPSA) is 69.5 Å². The summed E-state index contributed by atoms with van der Waals surface area (Å²) in [6, 6.07) is 15.9. The van der Waals surface area contributed by atoms with Crippen LogP contribution in [0.1, 0.15) is 67.3 Å². The summed E-state index contributed by atoms with van der Waals surface area (Å²) in [7, 11) is 2.07. The number of aromatic nitrogens is 2. The molecule has 1 unspecified atom stereocenters. The van der Waals surface area contributed by atoms with Gasteiger partial charge in [-0.3, -0.25) is 9.97 Å². The van der Waals surface area contributed by atoms with Gasteiger partial charge < -0.3 is 15.1 Å². The van der Waals surface area contributed by atoms with Crippen molar-refractivity contribution in [1.29, 1.82) is 0 Å². The molecule has 5 nitrogen and oxygen atoms in total. The molecule has 3 heterocycles. The SMILES string of the molecule is Cc1cccc(C(C)(O)C#Cc2cncc([C@@](O)(c3ccc(C4(C)CC4)cc3)C3(C)CN(C)C3)c2)n1. The molecule has 186 valence electrons. The first-order chi connectivity index (χ1) is 17.0. The third-order valence-corrected chi connectivity index (χ3v) is 8.10. The van der Waals surface area contributed by atoms with E-state index in [9.17, 15) is 10.2 Å². The summed E-state index contributed by atoms with van der Waals surface area (Å²) in [6.07, 6.45) is 5.84. The third kappa shape index (κ3) is 4.24. The summed E-state index contributed by atoms with van der Waals surface area (Å²) in [5, 5.41) is 23.4. The highest BCUT2D eigenvalue weighted by atomic mass is 16.3. The number of hydrogen-bond acceptors (Lipinski definition) is 5. The van der Waals surface area contributed by atoms with Gasteiger partial charge in [0.25, 0.3) is 0 Å². The van der Waals surface area contributed by atoms with Gasteiger partial charge in [-0.1, -0.05) is 56.0 Å². The van der Waals surface area contributed by atoms with Crippen molar-refractivity contribution in [2.75, 3.05) is 20.1 Å². The van der Waals surface area contributed by atoms with Gasteiger partial charge in [0.1, 0.15) is 5.60 Å². The predicted octanol–water partition coefficient (Wildman–Crippen LogP) is 4.28. The lowest BCUT2D eigenvalue weighted by Gasteiger charge is -2.55. The molecule has 2 N–H and O–H groups in total. The number of rotatable bonds is 5. The van der Waals surface area contributed by atoms with Gasteiger partial charge in [0.05, 0.1) is 5.69 Å². The Hall–Kier alpha value is -3.04. The first-order valence-electron chi connectivity index (χ1n) is 12.6. The van der Waals surface area contributed by atoms with Crippen LogP contribution in [-0.2, 0) is 16.6 Å². The lowest BCUT2D eigenvalue weighted by molar-refractivity contribution is -0.127. The number of pyridine rings is 2. The van der Waals surface area contributed by atoms with E-state index in [0.29, 0.717) is 16.8 Å². The quantitative estimate of drug-likeness (QED) is 0.533. The number of hydrogen-bond donors (Lipinski definition) is 2. The van der Waals surface area contributed by atoms with E-state index in [2.05, 4.69) is 71.9 Å². The van der Waals surface area contributed by atoms with E-state index >= 15 is 0 Å². The Morgan fingerprint density at radius 3 is 2.28 bits per heavy atom. The van der Waals surface area contributed by atoms with Crippen LogP contribution >= 0.6 is 0 Å². The predicted molar refractivity (Wildman–Crippen MR) is 141 cm³/mol. The van der Waals surface area contributed by atoms with Crippen molar-refractivity contribution in [3.63, 3.8) is 0 Å². The van der Waals surface area contributed by atoms with Crippen molar-refractivity contribution >= 4 is 0 Å². The molecule has 2 aromatic heterocycles. The molecule has 2 fully saturated rings. The standard InChI is InChI=1S/C31H35N3O2/c1-22-7-6-8-27(33-22)30(4,35)14-13-23-17-26(19-32-18-23)31(36,29(3)20-34(5)21-29)25-11-9-24(10-12-25)28(2)15-16-28/h6-12,17-19,35-36H,15-16,20-21H2,1-5H3/t30?,31-/m0/s1. The van der Waals surface area contributed by atoms with Crippen LogP contribution in [0.3, 0.4) is 0 Å². The average Bonchev–Trinajstić information content (AvgIpc) is 3.60. The lowest BCUT2D eigenvalue weighted by atomic mass is 9.62. The lowest BCUT2D eigenvalue weighted by Crippen LogP contribution is -2.63. The summed E-state index contributed by atoms with van der Waals surface area (Å²) in [5.41, 5.74) is 2.14. The van der Waals surface area contributed by atoms with E-state index < -0.39 is 11.2 Å². The van der Waals surface area contributed by atoms with Crippen LogP contribution in [0.5, 0.6) is 0 Å². The molecule has 2 atom stereocenters. The zero-order chi connectivity index (χ0) is 25.8. The highest BCUT2D eigenvalue weighted by Gasteiger charge is 2.55. The minimum absolute atomic E-state index is 0.275. The van der Waals surface area contributed by atoms with E-state index in [1.54, 1.807) is 25.4 Å².